The van der Waals surface area contributed by atoms with Crippen LogP contribution in [-0.4, -0.2) is 49.8 Å². The van der Waals surface area contributed by atoms with Crippen molar-refractivity contribution in [3.05, 3.63) is 79.0 Å². The van der Waals surface area contributed by atoms with Crippen LogP contribution in [0.3, 0.4) is 0 Å². The van der Waals surface area contributed by atoms with E-state index in [0.29, 0.717) is 5.69 Å². The number of halogens is 3. The third-order valence-electron chi connectivity index (χ3n) is 5.35. The number of fused-ring (bicyclic) bond motifs is 1. The summed E-state index contributed by atoms with van der Waals surface area (Å²) in [6.45, 7) is 0.463. The van der Waals surface area contributed by atoms with Crippen molar-refractivity contribution in [2.75, 3.05) is 17.2 Å². The average Bonchev–Trinajstić information content (AvgIpc) is 3.54. The highest BCUT2D eigenvalue weighted by atomic mass is 32.2. The van der Waals surface area contributed by atoms with Crippen LogP contribution >= 0.6 is 0 Å². The molecule has 2 N–H and O–H groups in total. The normalized spacial score (nSPS) is 12.1. The Kier molecular flexibility index (Phi) is 6.03. The first-order chi connectivity index (χ1) is 17.6. The van der Waals surface area contributed by atoms with Gasteiger partial charge in [0.2, 0.25) is 5.95 Å². The summed E-state index contributed by atoms with van der Waals surface area (Å²) >= 11 is 0. The summed E-state index contributed by atoms with van der Waals surface area (Å²) in [4.78, 5) is 12.4. The molecular formula is C23H19F3N8O2S. The zero-order chi connectivity index (χ0) is 26.2. The third-order valence-corrected chi connectivity index (χ3v) is 7.03. The molecule has 0 saturated heterocycles. The first-order valence-electron chi connectivity index (χ1n) is 10.8. The van der Waals surface area contributed by atoms with Crippen molar-refractivity contribution in [1.29, 1.82) is 0 Å². The Labute approximate surface area is 208 Å². The molecule has 0 unspecified atom stereocenters. The molecule has 0 spiro atoms. The minimum absolute atomic E-state index is 0.0113. The van der Waals surface area contributed by atoms with Crippen molar-refractivity contribution >= 4 is 38.5 Å². The van der Waals surface area contributed by atoms with Crippen molar-refractivity contribution < 1.29 is 21.6 Å². The molecule has 0 bridgehead atoms. The zero-order valence-corrected chi connectivity index (χ0v) is 20.0. The van der Waals surface area contributed by atoms with Crippen molar-refractivity contribution in [1.82, 2.24) is 28.7 Å². The fourth-order valence-corrected chi connectivity index (χ4v) is 4.85. The lowest BCUT2D eigenvalue weighted by atomic mass is 10.2. The number of nitrogens with one attached hydrogen (secondary N) is 2. The molecule has 3 aromatic heterocycles. The van der Waals surface area contributed by atoms with Gasteiger partial charge in [-0.05, 0) is 49.4 Å². The monoisotopic (exact) mass is 528 g/mol. The van der Waals surface area contributed by atoms with E-state index in [1.165, 1.54) is 37.1 Å². The summed E-state index contributed by atoms with van der Waals surface area (Å²) in [5.41, 5.74) is 2.04. The van der Waals surface area contributed by atoms with Gasteiger partial charge in [0.25, 0.3) is 10.0 Å². The molecule has 0 atom stereocenters. The van der Waals surface area contributed by atoms with E-state index in [0.717, 1.165) is 15.2 Å². The van der Waals surface area contributed by atoms with E-state index in [9.17, 15) is 21.6 Å². The summed E-state index contributed by atoms with van der Waals surface area (Å²) in [6.07, 6.45) is -0.353. The minimum Gasteiger partial charge on any atom is -0.360 e. The number of alkyl halides is 3. The Morgan fingerprint density at radius 2 is 1.70 bits per heavy atom. The molecule has 0 fully saturated rings. The molecule has 10 nitrogen and oxygen atoms in total. The second-order valence-electron chi connectivity index (χ2n) is 8.04. The lowest BCUT2D eigenvalue weighted by molar-refractivity contribution is -0.115. The number of nitrogens with zero attached hydrogens (tertiary/aromatic N) is 6. The van der Waals surface area contributed by atoms with E-state index < -0.39 is 22.7 Å². The van der Waals surface area contributed by atoms with E-state index in [4.69, 9.17) is 0 Å². The lowest BCUT2D eigenvalue weighted by Gasteiger charge is -2.13. The highest BCUT2D eigenvalue weighted by Gasteiger charge is 2.28. The third kappa shape index (κ3) is 5.09. The number of aromatic nitrogens is 6. The average molecular weight is 529 g/mol. The summed E-state index contributed by atoms with van der Waals surface area (Å²) in [6, 6.07) is 14.4. The second-order valence-corrected chi connectivity index (χ2v) is 9.86. The van der Waals surface area contributed by atoms with Gasteiger partial charge < -0.3 is 10.6 Å². The molecule has 0 saturated carbocycles. The van der Waals surface area contributed by atoms with Crippen LogP contribution in [0, 0.1) is 6.92 Å². The van der Waals surface area contributed by atoms with Crippen LogP contribution in [0.25, 0.3) is 16.7 Å². The van der Waals surface area contributed by atoms with E-state index in [1.54, 1.807) is 41.1 Å². The Hall–Kier alpha value is -4.46. The molecule has 5 aromatic rings. The molecule has 37 heavy (non-hydrogen) atoms. The Morgan fingerprint density at radius 1 is 0.973 bits per heavy atom. The molecule has 14 heteroatoms. The Balaban J connectivity index is 1.56. The van der Waals surface area contributed by atoms with Crippen LogP contribution in [0.5, 0.6) is 0 Å². The Bertz CT molecular complexity index is 1650. The highest BCUT2D eigenvalue weighted by molar-refractivity contribution is 7.90. The molecule has 0 aliphatic carbocycles. The maximum atomic E-state index is 13.3. The van der Waals surface area contributed by atoms with Gasteiger partial charge in [-0.2, -0.15) is 28.2 Å². The first kappa shape index (κ1) is 24.2. The second kappa shape index (κ2) is 9.20. The molecule has 5 rings (SSSR count). The van der Waals surface area contributed by atoms with Crippen molar-refractivity contribution in [3.63, 3.8) is 0 Å². The highest BCUT2D eigenvalue weighted by Crippen LogP contribution is 2.29. The van der Waals surface area contributed by atoms with Gasteiger partial charge in [0.15, 0.2) is 5.65 Å². The number of hydrogen-bond acceptors (Lipinski definition) is 8. The summed E-state index contributed by atoms with van der Waals surface area (Å²) in [5.74, 6) is -0.258. The number of anilines is 3. The number of rotatable bonds is 7. The lowest BCUT2D eigenvalue weighted by Crippen LogP contribution is -2.22. The van der Waals surface area contributed by atoms with E-state index in [1.807, 2.05) is 6.92 Å². The van der Waals surface area contributed by atoms with E-state index >= 15 is 0 Å². The maximum Gasteiger partial charge on any atom is 0.405 e. The number of benzene rings is 2. The van der Waals surface area contributed by atoms with Crippen molar-refractivity contribution in [2.45, 2.75) is 18.0 Å². The number of hydrogen-bond donors (Lipinski definition) is 2. The molecule has 3 heterocycles. The van der Waals surface area contributed by atoms with Gasteiger partial charge in [0.05, 0.1) is 16.0 Å². The predicted octanol–water partition coefficient (Wildman–Crippen LogP) is 4.28. The predicted molar refractivity (Wildman–Crippen MR) is 130 cm³/mol. The van der Waals surface area contributed by atoms with Crippen LogP contribution in [0.1, 0.15) is 5.56 Å². The van der Waals surface area contributed by atoms with Crippen LogP contribution in [0.2, 0.25) is 0 Å². The molecule has 190 valence electrons. The van der Waals surface area contributed by atoms with Crippen LogP contribution in [-0.2, 0) is 10.0 Å². The molecule has 0 amide bonds. The van der Waals surface area contributed by atoms with Gasteiger partial charge >= 0.3 is 6.18 Å². The smallest absolute Gasteiger partial charge is 0.360 e. The summed E-state index contributed by atoms with van der Waals surface area (Å²) in [5, 5.41) is 9.34. The fourth-order valence-electron chi connectivity index (χ4n) is 3.55. The maximum absolute atomic E-state index is 13.3. The van der Waals surface area contributed by atoms with Gasteiger partial charge in [-0.1, -0.05) is 17.7 Å². The largest absolute Gasteiger partial charge is 0.405 e. The number of aryl methyl sites for hydroxylation is 1. The molecule has 0 aliphatic heterocycles. The molecule has 0 aliphatic rings. The summed E-state index contributed by atoms with van der Waals surface area (Å²) in [7, 11) is -4.09. The van der Waals surface area contributed by atoms with E-state index in [2.05, 4.69) is 30.7 Å². The molecular weight excluding hydrogens is 509 g/mol. The van der Waals surface area contributed by atoms with Crippen molar-refractivity contribution in [2.24, 2.45) is 0 Å². The molecule has 0 radical (unpaired) electrons. The van der Waals surface area contributed by atoms with Gasteiger partial charge in [-0.3, -0.25) is 0 Å². The van der Waals surface area contributed by atoms with Crippen LogP contribution in [0.15, 0.2) is 78.3 Å². The Morgan fingerprint density at radius 3 is 2.35 bits per heavy atom. The van der Waals surface area contributed by atoms with Crippen molar-refractivity contribution in [3.8, 4) is 5.69 Å². The van der Waals surface area contributed by atoms with Crippen LogP contribution < -0.4 is 10.6 Å². The zero-order valence-electron chi connectivity index (χ0n) is 19.2. The summed E-state index contributed by atoms with van der Waals surface area (Å²) < 4.78 is 68.0. The quantitative estimate of drug-likeness (QED) is 0.321. The van der Waals surface area contributed by atoms with E-state index in [-0.39, 0.29) is 27.7 Å². The fraction of sp³-hybridized carbons (Fsp3) is 0.130. The first-order valence-corrected chi connectivity index (χ1v) is 12.3. The minimum atomic E-state index is -4.52. The van der Waals surface area contributed by atoms with Crippen LogP contribution in [0.4, 0.5) is 30.6 Å². The van der Waals surface area contributed by atoms with Gasteiger partial charge in [-0.15, -0.1) is 0 Å². The van der Waals surface area contributed by atoms with Gasteiger partial charge in [0, 0.05) is 11.9 Å². The molecule has 2 aromatic carbocycles. The van der Waals surface area contributed by atoms with Gasteiger partial charge in [0.1, 0.15) is 25.0 Å². The topological polar surface area (TPSA) is 120 Å². The standard InChI is InChI=1S/C23H19F3N8O2S/c1-15-2-8-18(9-3-15)37(35,36)34-11-10-19-20(28-12-23(24,25)26)31-22(32-21(19)34)30-16-4-6-17(7-5-16)33-14-27-13-29-33/h2-11,13-14H,12H2,1H3,(H2,28,30,31,32). The van der Waals surface area contributed by atoms with Gasteiger partial charge in [-0.25, -0.2) is 22.1 Å². The SMILES string of the molecule is Cc1ccc(S(=O)(=O)n2ccc3c(NCC(F)(F)F)nc(Nc4ccc(-n5cncn5)cc4)nc32)cc1.